The molecule has 0 N–H and O–H groups in total. The van der Waals surface area contributed by atoms with E-state index in [1.165, 1.54) is 5.69 Å². The van der Waals surface area contributed by atoms with Gasteiger partial charge in [-0.25, -0.2) is 0 Å². The molecule has 0 atom stereocenters. The van der Waals surface area contributed by atoms with E-state index in [1.54, 1.807) is 0 Å². The topological polar surface area (TPSA) is 71.7 Å². The summed E-state index contributed by atoms with van der Waals surface area (Å²) in [6, 6.07) is 25.6. The number of nitrogens with zero attached hydrogens (tertiary/aromatic N) is 4. The Balaban J connectivity index is 1.22. The van der Waals surface area contributed by atoms with E-state index in [2.05, 4.69) is 27.2 Å². The average Bonchev–Trinajstić information content (AvgIpc) is 3.38. The number of carbonyl (C=O) groups excluding carboxylic acids is 1. The zero-order chi connectivity index (χ0) is 23.3. The smallest absolute Gasteiger partial charge is 0.262 e. The van der Waals surface area contributed by atoms with Gasteiger partial charge in [-0.2, -0.15) is 4.98 Å². The minimum atomic E-state index is -0.0405. The third-order valence-corrected chi connectivity index (χ3v) is 5.92. The highest BCUT2D eigenvalue weighted by Crippen LogP contribution is 2.30. The molecule has 0 saturated carbocycles. The van der Waals surface area contributed by atoms with Gasteiger partial charge in [-0.1, -0.05) is 59.3 Å². The molecule has 1 aliphatic rings. The van der Waals surface area contributed by atoms with Crippen LogP contribution in [0.1, 0.15) is 5.56 Å². The summed E-state index contributed by atoms with van der Waals surface area (Å²) in [5.41, 5.74) is 3.86. The van der Waals surface area contributed by atoms with Crippen molar-refractivity contribution in [2.24, 2.45) is 0 Å². The van der Waals surface area contributed by atoms with Crippen LogP contribution in [0.5, 0.6) is 5.75 Å². The zero-order valence-electron chi connectivity index (χ0n) is 19.1. The molecule has 0 bridgehead atoms. The number of aryl methyl sites for hydroxylation is 1. The van der Waals surface area contributed by atoms with Crippen LogP contribution in [0.3, 0.4) is 0 Å². The van der Waals surface area contributed by atoms with Gasteiger partial charge in [-0.05, 0) is 37.3 Å². The molecule has 7 nitrogen and oxygen atoms in total. The molecule has 172 valence electrons. The summed E-state index contributed by atoms with van der Waals surface area (Å²) >= 11 is 0. The van der Waals surface area contributed by atoms with E-state index in [-0.39, 0.29) is 12.5 Å². The molecule has 1 fully saturated rings. The fourth-order valence-corrected chi connectivity index (χ4v) is 4.09. The van der Waals surface area contributed by atoms with Crippen LogP contribution in [0.2, 0.25) is 0 Å². The largest absolute Gasteiger partial charge is 0.483 e. The van der Waals surface area contributed by atoms with E-state index in [0.717, 1.165) is 24.2 Å². The summed E-state index contributed by atoms with van der Waals surface area (Å²) in [4.78, 5) is 21.5. The molecular formula is C27H26N4O3. The Morgan fingerprint density at radius 1 is 0.941 bits per heavy atom. The third kappa shape index (κ3) is 4.78. The van der Waals surface area contributed by atoms with E-state index in [1.807, 2.05) is 78.6 Å². The van der Waals surface area contributed by atoms with Crippen molar-refractivity contribution in [2.75, 3.05) is 37.7 Å². The molecule has 1 amide bonds. The molecule has 7 heteroatoms. The highest BCUT2D eigenvalue weighted by atomic mass is 16.5. The van der Waals surface area contributed by atoms with Gasteiger partial charge in [0.05, 0.1) is 5.56 Å². The van der Waals surface area contributed by atoms with Crippen LogP contribution in [0.4, 0.5) is 5.69 Å². The van der Waals surface area contributed by atoms with Crippen LogP contribution in [0.25, 0.3) is 22.8 Å². The molecule has 2 heterocycles. The molecule has 0 spiro atoms. The Bertz CT molecular complexity index is 1260. The number of amides is 1. The van der Waals surface area contributed by atoms with Crippen molar-refractivity contribution < 1.29 is 14.1 Å². The summed E-state index contributed by atoms with van der Waals surface area (Å²) in [6.07, 6.45) is 0. The van der Waals surface area contributed by atoms with Crippen molar-refractivity contribution in [1.29, 1.82) is 0 Å². The molecule has 0 radical (unpaired) electrons. The normalized spacial score (nSPS) is 13.7. The minimum Gasteiger partial charge on any atom is -0.483 e. The number of hydrogen-bond acceptors (Lipinski definition) is 6. The molecular weight excluding hydrogens is 428 g/mol. The standard InChI is InChI=1S/C27H26N4O3/c1-20-8-7-9-21(18-20)26-28-27(34-29-26)23-12-5-6-13-24(23)33-19-25(32)31-16-14-30(15-17-31)22-10-3-2-4-11-22/h2-13,18H,14-17,19H2,1H3. The molecule has 1 aliphatic heterocycles. The summed E-state index contributed by atoms with van der Waals surface area (Å²) in [6.45, 7) is 4.92. The van der Waals surface area contributed by atoms with Crippen molar-refractivity contribution in [3.05, 3.63) is 84.4 Å². The van der Waals surface area contributed by atoms with Gasteiger partial charge >= 0.3 is 0 Å². The quantitative estimate of drug-likeness (QED) is 0.429. The van der Waals surface area contributed by atoms with E-state index >= 15 is 0 Å². The lowest BCUT2D eigenvalue weighted by Gasteiger charge is -2.36. The van der Waals surface area contributed by atoms with Crippen LogP contribution in [-0.2, 0) is 4.79 Å². The van der Waals surface area contributed by atoms with Crippen LogP contribution >= 0.6 is 0 Å². The number of carbonyl (C=O) groups is 1. The van der Waals surface area contributed by atoms with Crippen LogP contribution in [-0.4, -0.2) is 53.7 Å². The number of benzene rings is 3. The molecule has 0 aliphatic carbocycles. The predicted octanol–water partition coefficient (Wildman–Crippen LogP) is 4.44. The van der Waals surface area contributed by atoms with Crippen molar-refractivity contribution in [2.45, 2.75) is 6.92 Å². The van der Waals surface area contributed by atoms with Gasteiger partial charge in [0.25, 0.3) is 11.8 Å². The van der Waals surface area contributed by atoms with Crippen molar-refractivity contribution in [1.82, 2.24) is 15.0 Å². The Hall–Kier alpha value is -4.13. The molecule has 4 aromatic rings. The Labute approximate surface area is 198 Å². The third-order valence-electron chi connectivity index (χ3n) is 5.92. The highest BCUT2D eigenvalue weighted by molar-refractivity contribution is 5.78. The van der Waals surface area contributed by atoms with E-state index in [9.17, 15) is 4.79 Å². The van der Waals surface area contributed by atoms with E-state index in [0.29, 0.717) is 36.1 Å². The predicted molar refractivity (Wildman–Crippen MR) is 131 cm³/mol. The van der Waals surface area contributed by atoms with Gasteiger partial charge in [-0.15, -0.1) is 0 Å². The van der Waals surface area contributed by atoms with Gasteiger partial charge < -0.3 is 19.1 Å². The molecule has 5 rings (SSSR count). The van der Waals surface area contributed by atoms with Gasteiger partial charge in [0.2, 0.25) is 5.82 Å². The first-order valence-electron chi connectivity index (χ1n) is 11.4. The summed E-state index contributed by atoms with van der Waals surface area (Å²) in [5, 5.41) is 4.12. The Morgan fingerprint density at radius 3 is 2.50 bits per heavy atom. The van der Waals surface area contributed by atoms with Crippen molar-refractivity contribution in [3.63, 3.8) is 0 Å². The lowest BCUT2D eigenvalue weighted by Crippen LogP contribution is -2.50. The van der Waals surface area contributed by atoms with Gasteiger partial charge in [-0.3, -0.25) is 4.79 Å². The van der Waals surface area contributed by atoms with Crippen LogP contribution in [0.15, 0.2) is 83.4 Å². The monoisotopic (exact) mass is 454 g/mol. The summed E-state index contributed by atoms with van der Waals surface area (Å²) in [5.74, 6) is 1.38. The maximum absolute atomic E-state index is 12.8. The molecule has 34 heavy (non-hydrogen) atoms. The number of piperazine rings is 1. The molecule has 0 unspecified atom stereocenters. The Kier molecular flexibility index (Phi) is 6.25. The van der Waals surface area contributed by atoms with Crippen molar-refractivity contribution in [3.8, 4) is 28.6 Å². The number of hydrogen-bond donors (Lipinski definition) is 0. The SMILES string of the molecule is Cc1cccc(-c2noc(-c3ccccc3OCC(=O)N3CCN(c4ccccc4)CC3)n2)c1. The maximum atomic E-state index is 12.8. The van der Waals surface area contributed by atoms with Crippen LogP contribution in [0, 0.1) is 6.92 Å². The second-order valence-corrected chi connectivity index (χ2v) is 8.28. The second-order valence-electron chi connectivity index (χ2n) is 8.28. The maximum Gasteiger partial charge on any atom is 0.262 e. The summed E-state index contributed by atoms with van der Waals surface area (Å²) in [7, 11) is 0. The first-order valence-corrected chi connectivity index (χ1v) is 11.4. The lowest BCUT2D eigenvalue weighted by molar-refractivity contribution is -0.133. The summed E-state index contributed by atoms with van der Waals surface area (Å²) < 4.78 is 11.4. The van der Waals surface area contributed by atoms with Gasteiger partial charge in [0.1, 0.15) is 5.75 Å². The van der Waals surface area contributed by atoms with Gasteiger partial charge in [0.15, 0.2) is 6.61 Å². The fourth-order valence-electron chi connectivity index (χ4n) is 4.09. The number of rotatable bonds is 6. The minimum absolute atomic E-state index is 0.0338. The Morgan fingerprint density at radius 2 is 1.71 bits per heavy atom. The highest BCUT2D eigenvalue weighted by Gasteiger charge is 2.22. The van der Waals surface area contributed by atoms with Crippen LogP contribution < -0.4 is 9.64 Å². The van der Waals surface area contributed by atoms with E-state index < -0.39 is 0 Å². The van der Waals surface area contributed by atoms with E-state index in [4.69, 9.17) is 9.26 Å². The number of para-hydroxylation sites is 2. The number of anilines is 1. The number of aromatic nitrogens is 2. The molecule has 3 aromatic carbocycles. The first-order chi connectivity index (χ1) is 16.7. The zero-order valence-corrected chi connectivity index (χ0v) is 19.1. The average molecular weight is 455 g/mol. The lowest BCUT2D eigenvalue weighted by atomic mass is 10.1. The first kappa shape index (κ1) is 21.7. The second kappa shape index (κ2) is 9.79. The fraction of sp³-hybridized carbons (Fsp3) is 0.222. The van der Waals surface area contributed by atoms with Gasteiger partial charge in [0, 0.05) is 37.4 Å². The molecule has 1 aromatic heterocycles. The molecule has 1 saturated heterocycles. The number of ether oxygens (including phenoxy) is 1. The van der Waals surface area contributed by atoms with Crippen molar-refractivity contribution >= 4 is 11.6 Å².